The Bertz CT molecular complexity index is 1490. The van der Waals surface area contributed by atoms with Crippen molar-refractivity contribution >= 4 is 43.6 Å². The number of hydrogen-bond acceptors (Lipinski definition) is 5. The molecule has 3 aromatic carbocycles. The summed E-state index contributed by atoms with van der Waals surface area (Å²) in [6, 6.07) is 21.8. The van der Waals surface area contributed by atoms with Crippen molar-refractivity contribution < 1.29 is 13.2 Å². The molecule has 0 atom stereocenters. The van der Waals surface area contributed by atoms with Crippen LogP contribution in [0, 0.1) is 0 Å². The minimum absolute atomic E-state index is 0.172. The molecular formula is C24H18N4O3S2. The number of imidazole rings is 1. The van der Waals surface area contributed by atoms with Gasteiger partial charge in [-0.25, -0.2) is 13.4 Å². The zero-order valence-electron chi connectivity index (χ0n) is 17.2. The van der Waals surface area contributed by atoms with E-state index in [0.29, 0.717) is 16.9 Å². The average Bonchev–Trinajstić information content (AvgIpc) is 3.43. The van der Waals surface area contributed by atoms with Gasteiger partial charge in [-0.3, -0.25) is 13.9 Å². The number of sulfonamides is 1. The zero-order valence-corrected chi connectivity index (χ0v) is 18.8. The first kappa shape index (κ1) is 20.9. The van der Waals surface area contributed by atoms with Crippen LogP contribution < -0.4 is 10.0 Å². The molecule has 0 saturated heterocycles. The van der Waals surface area contributed by atoms with E-state index in [1.165, 1.54) is 12.1 Å². The number of rotatable bonds is 6. The van der Waals surface area contributed by atoms with E-state index < -0.39 is 10.0 Å². The molecule has 2 heterocycles. The predicted molar refractivity (Wildman–Crippen MR) is 130 cm³/mol. The lowest BCUT2D eigenvalue weighted by Gasteiger charge is -2.09. The quantitative estimate of drug-likeness (QED) is 0.357. The van der Waals surface area contributed by atoms with E-state index in [1.54, 1.807) is 53.8 Å². The predicted octanol–water partition coefficient (Wildman–Crippen LogP) is 5.12. The third kappa shape index (κ3) is 4.50. The number of anilines is 2. The van der Waals surface area contributed by atoms with Crippen molar-refractivity contribution in [2.24, 2.45) is 0 Å². The molecule has 0 saturated carbocycles. The van der Waals surface area contributed by atoms with Gasteiger partial charge in [-0.1, -0.05) is 30.3 Å². The highest BCUT2D eigenvalue weighted by atomic mass is 32.2. The minimum atomic E-state index is -3.68. The molecule has 7 nitrogen and oxygen atoms in total. The molecule has 0 spiro atoms. The summed E-state index contributed by atoms with van der Waals surface area (Å²) < 4.78 is 29.3. The highest BCUT2D eigenvalue weighted by Gasteiger charge is 2.14. The number of carbonyl (C=O) groups excluding carboxylic acids is 1. The first-order valence-corrected chi connectivity index (χ1v) is 12.4. The molecule has 164 valence electrons. The van der Waals surface area contributed by atoms with E-state index in [-0.39, 0.29) is 10.8 Å². The van der Waals surface area contributed by atoms with Crippen LogP contribution in [-0.2, 0) is 10.0 Å². The molecule has 1 amide bonds. The van der Waals surface area contributed by atoms with Gasteiger partial charge >= 0.3 is 0 Å². The van der Waals surface area contributed by atoms with Crippen molar-refractivity contribution in [1.29, 1.82) is 0 Å². The molecule has 33 heavy (non-hydrogen) atoms. The van der Waals surface area contributed by atoms with Gasteiger partial charge in [0.05, 0.1) is 10.6 Å². The summed E-state index contributed by atoms with van der Waals surface area (Å²) in [5.74, 6) is -0.289. The minimum Gasteiger partial charge on any atom is -0.322 e. The lowest BCUT2D eigenvalue weighted by Crippen LogP contribution is -2.14. The maximum Gasteiger partial charge on any atom is 0.261 e. The summed E-state index contributed by atoms with van der Waals surface area (Å²) in [6.45, 7) is 0. The topological polar surface area (TPSA) is 92.6 Å². The van der Waals surface area contributed by atoms with Gasteiger partial charge in [0.1, 0.15) is 0 Å². The SMILES string of the molecule is O=C(Nc1ccc(-c2cn3ccsc3n2)cc1)c1ccc(NS(=O)(=O)c2ccccc2)cc1. The second-order valence-electron chi connectivity index (χ2n) is 7.25. The van der Waals surface area contributed by atoms with E-state index >= 15 is 0 Å². The number of aromatic nitrogens is 2. The Labute approximate surface area is 194 Å². The van der Waals surface area contributed by atoms with E-state index in [4.69, 9.17) is 0 Å². The smallest absolute Gasteiger partial charge is 0.261 e. The molecule has 5 rings (SSSR count). The Kier molecular flexibility index (Phi) is 5.41. The molecule has 0 aliphatic carbocycles. The molecule has 0 radical (unpaired) electrons. The molecule has 0 bridgehead atoms. The summed E-state index contributed by atoms with van der Waals surface area (Å²) in [5.41, 5.74) is 3.27. The van der Waals surface area contributed by atoms with Crippen molar-refractivity contribution in [2.45, 2.75) is 4.90 Å². The summed E-state index contributed by atoms with van der Waals surface area (Å²) in [5, 5.41) is 4.83. The maximum absolute atomic E-state index is 12.6. The van der Waals surface area contributed by atoms with Crippen LogP contribution in [0.25, 0.3) is 16.2 Å². The molecule has 0 aliphatic heterocycles. The molecule has 2 aromatic heterocycles. The molecular weight excluding hydrogens is 456 g/mol. The number of thiazole rings is 1. The monoisotopic (exact) mass is 474 g/mol. The second kappa shape index (κ2) is 8.53. The van der Waals surface area contributed by atoms with Crippen LogP contribution in [0.1, 0.15) is 10.4 Å². The largest absolute Gasteiger partial charge is 0.322 e. The summed E-state index contributed by atoms with van der Waals surface area (Å²) in [4.78, 5) is 18.3. The van der Waals surface area contributed by atoms with E-state index in [9.17, 15) is 13.2 Å². The molecule has 0 aliphatic rings. The van der Waals surface area contributed by atoms with Crippen LogP contribution in [0.4, 0.5) is 11.4 Å². The van der Waals surface area contributed by atoms with Crippen molar-refractivity contribution in [3.05, 3.63) is 102 Å². The highest BCUT2D eigenvalue weighted by molar-refractivity contribution is 7.92. The summed E-state index contributed by atoms with van der Waals surface area (Å²) >= 11 is 1.57. The van der Waals surface area contributed by atoms with Gasteiger partial charge in [-0.2, -0.15) is 0 Å². The number of nitrogens with one attached hydrogen (secondary N) is 2. The lowest BCUT2D eigenvalue weighted by molar-refractivity contribution is 0.102. The number of benzene rings is 3. The first-order chi connectivity index (χ1) is 16.0. The van der Waals surface area contributed by atoms with Crippen molar-refractivity contribution in [1.82, 2.24) is 9.38 Å². The van der Waals surface area contributed by atoms with Gasteiger partial charge in [0.2, 0.25) is 0 Å². The van der Waals surface area contributed by atoms with Crippen molar-refractivity contribution in [2.75, 3.05) is 10.0 Å². The van der Waals surface area contributed by atoms with Gasteiger partial charge in [-0.05, 0) is 48.5 Å². The van der Waals surface area contributed by atoms with Gasteiger partial charge < -0.3 is 5.32 Å². The number of nitrogens with zero attached hydrogens (tertiary/aromatic N) is 2. The highest BCUT2D eigenvalue weighted by Crippen LogP contribution is 2.23. The number of hydrogen-bond donors (Lipinski definition) is 2. The van der Waals surface area contributed by atoms with Gasteiger partial charge in [0.25, 0.3) is 15.9 Å². The molecule has 9 heteroatoms. The Balaban J connectivity index is 1.25. The third-order valence-electron chi connectivity index (χ3n) is 4.98. The fourth-order valence-electron chi connectivity index (χ4n) is 3.30. The van der Waals surface area contributed by atoms with Gasteiger partial charge in [0.15, 0.2) is 4.96 Å². The van der Waals surface area contributed by atoms with E-state index in [2.05, 4.69) is 15.0 Å². The molecule has 0 fully saturated rings. The lowest BCUT2D eigenvalue weighted by atomic mass is 10.1. The Morgan fingerprint density at radius 2 is 1.58 bits per heavy atom. The van der Waals surface area contributed by atoms with Crippen LogP contribution >= 0.6 is 11.3 Å². The molecule has 0 unspecified atom stereocenters. The maximum atomic E-state index is 12.6. The number of fused-ring (bicyclic) bond motifs is 1. The summed E-state index contributed by atoms with van der Waals surface area (Å²) in [7, 11) is -3.68. The van der Waals surface area contributed by atoms with Crippen molar-refractivity contribution in [3.8, 4) is 11.3 Å². The van der Waals surface area contributed by atoms with Gasteiger partial charge in [0, 0.05) is 40.3 Å². The standard InChI is InChI=1S/C24H18N4O3S2/c29-23(18-8-12-20(13-9-18)27-33(30,31)21-4-2-1-3-5-21)25-19-10-6-17(7-11-19)22-16-28-14-15-32-24(28)26-22/h1-16,27H,(H,25,29). The summed E-state index contributed by atoms with van der Waals surface area (Å²) in [6.07, 6.45) is 3.93. The number of carbonyl (C=O) groups is 1. The normalized spacial score (nSPS) is 11.4. The van der Waals surface area contributed by atoms with Crippen molar-refractivity contribution in [3.63, 3.8) is 0 Å². The Morgan fingerprint density at radius 3 is 2.27 bits per heavy atom. The Hall–Kier alpha value is -3.95. The average molecular weight is 475 g/mol. The number of amides is 1. The second-order valence-corrected chi connectivity index (χ2v) is 9.80. The fourth-order valence-corrected chi connectivity index (χ4v) is 5.08. The molecule has 2 N–H and O–H groups in total. The van der Waals surface area contributed by atoms with Crippen LogP contribution in [0.5, 0.6) is 0 Å². The van der Waals surface area contributed by atoms with Gasteiger partial charge in [-0.15, -0.1) is 11.3 Å². The fraction of sp³-hybridized carbons (Fsp3) is 0. The third-order valence-corrected chi connectivity index (χ3v) is 7.15. The van der Waals surface area contributed by atoms with Crippen LogP contribution in [-0.4, -0.2) is 23.7 Å². The zero-order chi connectivity index (χ0) is 22.8. The van der Waals surface area contributed by atoms with Crippen LogP contribution in [0.2, 0.25) is 0 Å². The van der Waals surface area contributed by atoms with Crippen LogP contribution in [0.3, 0.4) is 0 Å². The molecule has 5 aromatic rings. The Morgan fingerprint density at radius 1 is 0.879 bits per heavy atom. The van der Waals surface area contributed by atoms with E-state index in [1.807, 2.05) is 46.4 Å². The van der Waals surface area contributed by atoms with E-state index in [0.717, 1.165) is 16.2 Å². The first-order valence-electron chi connectivity index (χ1n) is 10.00. The van der Waals surface area contributed by atoms with Crippen LogP contribution in [0.15, 0.2) is 102 Å².